The molecule has 1 saturated carbocycles. The summed E-state index contributed by atoms with van der Waals surface area (Å²) in [6.07, 6.45) is -0.448. The van der Waals surface area contributed by atoms with Crippen molar-refractivity contribution >= 4 is 35.0 Å². The topological polar surface area (TPSA) is 95.6 Å². The van der Waals surface area contributed by atoms with Gasteiger partial charge in [0, 0.05) is 23.0 Å². The van der Waals surface area contributed by atoms with Gasteiger partial charge in [-0.3, -0.25) is 24.1 Å². The number of carbonyl (C=O) groups is 4. The van der Waals surface area contributed by atoms with E-state index in [0.717, 1.165) is 32.1 Å². The third-order valence-corrected chi connectivity index (χ3v) is 5.78. The normalized spacial score (nSPS) is 16.5. The molecule has 0 aromatic heterocycles. The monoisotopic (exact) mass is 459 g/mol. The molecule has 172 valence electrons. The van der Waals surface area contributed by atoms with Crippen LogP contribution in [0.3, 0.4) is 0 Å². The van der Waals surface area contributed by atoms with Crippen molar-refractivity contribution in [3.63, 3.8) is 0 Å². The van der Waals surface area contributed by atoms with Crippen LogP contribution in [0, 0.1) is 0 Å². The molecule has 4 amide bonds. The number of imide groups is 1. The summed E-state index contributed by atoms with van der Waals surface area (Å²) in [6.45, 7) is 0. The maximum Gasteiger partial charge on any atom is 0.471 e. The first-order valence-electron chi connectivity index (χ1n) is 10.5. The van der Waals surface area contributed by atoms with E-state index in [0.29, 0.717) is 0 Å². The second-order valence-electron chi connectivity index (χ2n) is 8.02. The summed E-state index contributed by atoms with van der Waals surface area (Å²) in [7, 11) is 0. The zero-order valence-electron chi connectivity index (χ0n) is 17.4. The average Bonchev–Trinajstić information content (AvgIpc) is 3.04. The standard InChI is InChI=1S/C23H20F3N3O4/c24-23(25,26)22(33)28-15-9-7-14(8-10-15)27-19(30)13-6-11-17-18(12-13)21(32)29(20(17)31)16-4-2-1-3-5-16/h6-12,16H,1-5H2,(H,27,30)(H,28,33). The van der Waals surface area contributed by atoms with Gasteiger partial charge in [0.05, 0.1) is 11.1 Å². The summed E-state index contributed by atoms with van der Waals surface area (Å²) in [6, 6.07) is 9.25. The number of halogens is 3. The highest BCUT2D eigenvalue weighted by Crippen LogP contribution is 2.31. The first kappa shape index (κ1) is 22.5. The van der Waals surface area contributed by atoms with Crippen molar-refractivity contribution in [1.29, 1.82) is 0 Å². The molecule has 1 aliphatic heterocycles. The van der Waals surface area contributed by atoms with Gasteiger partial charge in [0.25, 0.3) is 17.7 Å². The van der Waals surface area contributed by atoms with Gasteiger partial charge in [0.1, 0.15) is 0 Å². The predicted molar refractivity (Wildman–Crippen MR) is 113 cm³/mol. The Morgan fingerprint density at radius 1 is 0.818 bits per heavy atom. The Hall–Kier alpha value is -3.69. The third-order valence-electron chi connectivity index (χ3n) is 5.78. The SMILES string of the molecule is O=C(Nc1ccc(NC(=O)C(F)(F)F)cc1)c1ccc2c(c1)C(=O)N(C1CCCCC1)C2=O. The lowest BCUT2D eigenvalue weighted by molar-refractivity contribution is -0.167. The number of anilines is 2. The van der Waals surface area contributed by atoms with E-state index in [1.54, 1.807) is 5.32 Å². The summed E-state index contributed by atoms with van der Waals surface area (Å²) in [5.41, 5.74) is 0.807. The lowest BCUT2D eigenvalue weighted by Gasteiger charge is -2.29. The smallest absolute Gasteiger partial charge is 0.322 e. The molecule has 10 heteroatoms. The van der Waals surface area contributed by atoms with Crippen molar-refractivity contribution < 1.29 is 32.3 Å². The summed E-state index contributed by atoms with van der Waals surface area (Å²) >= 11 is 0. The largest absolute Gasteiger partial charge is 0.471 e. The summed E-state index contributed by atoms with van der Waals surface area (Å²) < 4.78 is 37.0. The molecule has 0 atom stereocenters. The number of fused-ring (bicyclic) bond motifs is 1. The molecule has 0 unspecified atom stereocenters. The van der Waals surface area contributed by atoms with E-state index in [-0.39, 0.29) is 40.0 Å². The second kappa shape index (κ2) is 8.68. The number of rotatable bonds is 4. The Morgan fingerprint density at radius 3 is 2.00 bits per heavy atom. The molecule has 7 nitrogen and oxygen atoms in total. The number of hydrogen-bond donors (Lipinski definition) is 2. The van der Waals surface area contributed by atoms with Gasteiger partial charge >= 0.3 is 12.1 Å². The summed E-state index contributed by atoms with van der Waals surface area (Å²) in [5.74, 6) is -3.40. The Balaban J connectivity index is 1.45. The van der Waals surface area contributed by atoms with Crippen molar-refractivity contribution in [2.75, 3.05) is 10.6 Å². The van der Waals surface area contributed by atoms with E-state index in [1.165, 1.54) is 47.4 Å². The van der Waals surface area contributed by atoms with Crippen LogP contribution in [0.1, 0.15) is 63.2 Å². The van der Waals surface area contributed by atoms with Crippen molar-refractivity contribution in [3.05, 3.63) is 59.2 Å². The highest BCUT2D eigenvalue weighted by molar-refractivity contribution is 6.22. The number of nitrogens with zero attached hydrogens (tertiary/aromatic N) is 1. The Labute approximate surface area is 186 Å². The minimum absolute atomic E-state index is 0.0835. The Morgan fingerprint density at radius 2 is 1.39 bits per heavy atom. The maximum atomic E-state index is 12.9. The predicted octanol–water partition coefficient (Wildman–Crippen LogP) is 4.37. The van der Waals surface area contributed by atoms with Gasteiger partial charge in [0.15, 0.2) is 0 Å². The van der Waals surface area contributed by atoms with E-state index < -0.39 is 23.9 Å². The third kappa shape index (κ3) is 4.59. The first-order chi connectivity index (χ1) is 15.6. The van der Waals surface area contributed by atoms with Crippen molar-refractivity contribution in [2.45, 2.75) is 44.3 Å². The molecule has 2 aromatic carbocycles. The summed E-state index contributed by atoms with van der Waals surface area (Å²) in [4.78, 5) is 50.6. The van der Waals surface area contributed by atoms with Crippen molar-refractivity contribution in [3.8, 4) is 0 Å². The van der Waals surface area contributed by atoms with Gasteiger partial charge in [-0.1, -0.05) is 19.3 Å². The minimum atomic E-state index is -5.01. The number of carbonyl (C=O) groups excluding carboxylic acids is 4. The molecular weight excluding hydrogens is 439 g/mol. The lowest BCUT2D eigenvalue weighted by atomic mass is 9.94. The van der Waals surface area contributed by atoms with Gasteiger partial charge in [-0.05, 0) is 55.3 Å². The first-order valence-corrected chi connectivity index (χ1v) is 10.5. The Bertz CT molecular complexity index is 1120. The highest BCUT2D eigenvalue weighted by Gasteiger charge is 2.40. The molecule has 1 heterocycles. The quantitative estimate of drug-likeness (QED) is 0.664. The van der Waals surface area contributed by atoms with Crippen LogP contribution in [-0.4, -0.2) is 40.7 Å². The number of nitrogens with one attached hydrogen (secondary N) is 2. The molecule has 0 spiro atoms. The lowest BCUT2D eigenvalue weighted by Crippen LogP contribution is -2.40. The van der Waals surface area contributed by atoms with Gasteiger partial charge in [-0.25, -0.2) is 0 Å². The van der Waals surface area contributed by atoms with E-state index in [9.17, 15) is 32.3 Å². The number of benzene rings is 2. The molecule has 0 saturated heterocycles. The molecule has 2 aliphatic rings. The van der Waals surface area contributed by atoms with E-state index in [1.807, 2.05) is 0 Å². The fourth-order valence-corrected chi connectivity index (χ4v) is 4.11. The highest BCUT2D eigenvalue weighted by atomic mass is 19.4. The fourth-order valence-electron chi connectivity index (χ4n) is 4.11. The van der Waals surface area contributed by atoms with E-state index >= 15 is 0 Å². The van der Waals surface area contributed by atoms with E-state index in [2.05, 4.69) is 5.32 Å². The molecule has 4 rings (SSSR count). The minimum Gasteiger partial charge on any atom is -0.322 e. The van der Waals surface area contributed by atoms with Crippen molar-refractivity contribution in [1.82, 2.24) is 4.90 Å². The fraction of sp³-hybridized carbons (Fsp3) is 0.304. The number of amides is 4. The van der Waals surface area contributed by atoms with Gasteiger partial charge in [-0.2, -0.15) is 13.2 Å². The van der Waals surface area contributed by atoms with Gasteiger partial charge < -0.3 is 10.6 Å². The Kier molecular flexibility index (Phi) is 5.92. The van der Waals surface area contributed by atoms with Crippen LogP contribution in [0.4, 0.5) is 24.5 Å². The van der Waals surface area contributed by atoms with Crippen LogP contribution in [0.5, 0.6) is 0 Å². The van der Waals surface area contributed by atoms with Gasteiger partial charge in [-0.15, -0.1) is 0 Å². The van der Waals surface area contributed by atoms with E-state index in [4.69, 9.17) is 0 Å². The van der Waals surface area contributed by atoms with Gasteiger partial charge in [0.2, 0.25) is 0 Å². The second-order valence-corrected chi connectivity index (χ2v) is 8.02. The van der Waals surface area contributed by atoms with Crippen LogP contribution >= 0.6 is 0 Å². The molecule has 1 fully saturated rings. The van der Waals surface area contributed by atoms with Crippen LogP contribution in [0.15, 0.2) is 42.5 Å². The zero-order chi connectivity index (χ0) is 23.8. The molecule has 2 N–H and O–H groups in total. The van der Waals surface area contributed by atoms with Crippen LogP contribution in [0.2, 0.25) is 0 Å². The van der Waals surface area contributed by atoms with Crippen LogP contribution < -0.4 is 10.6 Å². The average molecular weight is 459 g/mol. The molecule has 2 aromatic rings. The number of hydrogen-bond acceptors (Lipinski definition) is 4. The van der Waals surface area contributed by atoms with Crippen LogP contribution in [-0.2, 0) is 4.79 Å². The summed E-state index contributed by atoms with van der Waals surface area (Å²) in [5, 5.41) is 4.29. The molecule has 0 bridgehead atoms. The maximum absolute atomic E-state index is 12.9. The molecule has 33 heavy (non-hydrogen) atoms. The molecular formula is C23H20F3N3O4. The van der Waals surface area contributed by atoms with Crippen LogP contribution in [0.25, 0.3) is 0 Å². The molecule has 1 aliphatic carbocycles. The number of alkyl halides is 3. The molecule has 0 radical (unpaired) electrons. The zero-order valence-corrected chi connectivity index (χ0v) is 17.4. The van der Waals surface area contributed by atoms with Crippen molar-refractivity contribution in [2.24, 2.45) is 0 Å².